The number of piperazine rings is 1. The first-order chi connectivity index (χ1) is 10.8. The largest absolute Gasteiger partial charge is 0.314 e. The topological polar surface area (TPSA) is 15.3 Å². The number of aryl methyl sites for hydroxylation is 1. The lowest BCUT2D eigenvalue weighted by Gasteiger charge is -2.35. The molecule has 0 amide bonds. The number of rotatable bonds is 4. The molecule has 1 aliphatic heterocycles. The number of hydrogen-bond donors (Lipinski definition) is 1. The number of hydrogen-bond acceptors (Lipinski definition) is 2. The monoisotopic (exact) mass is 298 g/mol. The van der Waals surface area contributed by atoms with Gasteiger partial charge in [0.05, 0.1) is 6.04 Å². The van der Waals surface area contributed by atoms with E-state index in [1.54, 1.807) is 12.1 Å². The van der Waals surface area contributed by atoms with Crippen molar-refractivity contribution in [2.24, 2.45) is 0 Å². The molecule has 3 rings (SSSR count). The first-order valence-corrected chi connectivity index (χ1v) is 8.07. The van der Waals surface area contributed by atoms with Crippen molar-refractivity contribution in [3.63, 3.8) is 0 Å². The Morgan fingerprint density at radius 1 is 0.955 bits per heavy atom. The Labute approximate surface area is 132 Å². The van der Waals surface area contributed by atoms with Crippen LogP contribution in [0.15, 0.2) is 48.5 Å². The molecule has 1 N–H and O–H groups in total. The molecule has 0 aliphatic carbocycles. The fraction of sp³-hybridized carbons (Fsp3) is 0.368. The van der Waals surface area contributed by atoms with Gasteiger partial charge < -0.3 is 5.32 Å². The summed E-state index contributed by atoms with van der Waals surface area (Å²) in [5, 5.41) is 3.40. The third-order valence-electron chi connectivity index (χ3n) is 4.41. The zero-order valence-electron chi connectivity index (χ0n) is 13.1. The third kappa shape index (κ3) is 3.37. The molecule has 0 saturated carbocycles. The van der Waals surface area contributed by atoms with Gasteiger partial charge in [-0.05, 0) is 35.2 Å². The summed E-state index contributed by atoms with van der Waals surface area (Å²) in [6, 6.07) is 16.0. The SMILES string of the molecule is CCc1ccc(C(c2ccc(F)cc2)N2CCNCC2)cc1. The summed E-state index contributed by atoms with van der Waals surface area (Å²) in [7, 11) is 0. The number of halogens is 1. The molecular weight excluding hydrogens is 275 g/mol. The molecule has 22 heavy (non-hydrogen) atoms. The summed E-state index contributed by atoms with van der Waals surface area (Å²) in [5.74, 6) is -0.177. The van der Waals surface area contributed by atoms with E-state index in [0.29, 0.717) is 0 Å². The fourth-order valence-corrected chi connectivity index (χ4v) is 3.14. The summed E-state index contributed by atoms with van der Waals surface area (Å²) >= 11 is 0. The lowest BCUT2D eigenvalue weighted by Crippen LogP contribution is -2.45. The highest BCUT2D eigenvalue weighted by molar-refractivity contribution is 5.34. The third-order valence-corrected chi connectivity index (χ3v) is 4.41. The zero-order valence-corrected chi connectivity index (χ0v) is 13.1. The highest BCUT2D eigenvalue weighted by Crippen LogP contribution is 2.29. The molecule has 1 saturated heterocycles. The second-order valence-electron chi connectivity index (χ2n) is 5.84. The maximum atomic E-state index is 13.3. The van der Waals surface area contributed by atoms with E-state index in [4.69, 9.17) is 0 Å². The molecular formula is C19H23FN2. The van der Waals surface area contributed by atoms with Crippen LogP contribution in [-0.4, -0.2) is 31.1 Å². The summed E-state index contributed by atoms with van der Waals surface area (Å²) < 4.78 is 13.3. The average Bonchev–Trinajstić information content (AvgIpc) is 2.58. The lowest BCUT2D eigenvalue weighted by atomic mass is 9.95. The molecule has 2 aromatic carbocycles. The predicted molar refractivity (Wildman–Crippen MR) is 88.5 cm³/mol. The molecule has 116 valence electrons. The van der Waals surface area contributed by atoms with Crippen LogP contribution in [0.3, 0.4) is 0 Å². The summed E-state index contributed by atoms with van der Waals surface area (Å²) in [4.78, 5) is 2.48. The molecule has 3 heteroatoms. The quantitative estimate of drug-likeness (QED) is 0.931. The molecule has 0 bridgehead atoms. The standard InChI is InChI=1S/C19H23FN2/c1-2-15-3-5-16(6-4-15)19(22-13-11-21-12-14-22)17-7-9-18(20)10-8-17/h3-10,19,21H,2,11-14H2,1H3. The van der Waals surface area contributed by atoms with E-state index in [0.717, 1.165) is 38.2 Å². The lowest BCUT2D eigenvalue weighted by molar-refractivity contribution is 0.198. The van der Waals surface area contributed by atoms with Gasteiger partial charge in [-0.25, -0.2) is 4.39 Å². The fourth-order valence-electron chi connectivity index (χ4n) is 3.14. The van der Waals surface area contributed by atoms with Crippen LogP contribution < -0.4 is 5.32 Å². The van der Waals surface area contributed by atoms with Crippen molar-refractivity contribution in [3.8, 4) is 0 Å². The molecule has 2 nitrogen and oxygen atoms in total. The Balaban J connectivity index is 1.95. The first-order valence-electron chi connectivity index (χ1n) is 8.07. The van der Waals surface area contributed by atoms with Gasteiger partial charge in [0.1, 0.15) is 5.82 Å². The van der Waals surface area contributed by atoms with Gasteiger partial charge in [0.2, 0.25) is 0 Å². The zero-order chi connectivity index (χ0) is 15.4. The number of nitrogens with one attached hydrogen (secondary N) is 1. The van der Waals surface area contributed by atoms with Gasteiger partial charge >= 0.3 is 0 Å². The highest BCUT2D eigenvalue weighted by atomic mass is 19.1. The minimum Gasteiger partial charge on any atom is -0.314 e. The van der Waals surface area contributed by atoms with Crippen molar-refractivity contribution in [1.29, 1.82) is 0 Å². The van der Waals surface area contributed by atoms with Crippen LogP contribution in [0.5, 0.6) is 0 Å². The second kappa shape index (κ2) is 7.03. The Morgan fingerprint density at radius 2 is 1.50 bits per heavy atom. The van der Waals surface area contributed by atoms with Crippen molar-refractivity contribution in [3.05, 3.63) is 71.0 Å². The van der Waals surface area contributed by atoms with E-state index < -0.39 is 0 Å². The van der Waals surface area contributed by atoms with Gasteiger partial charge in [-0.15, -0.1) is 0 Å². The Morgan fingerprint density at radius 3 is 2.05 bits per heavy atom. The minimum atomic E-state index is -0.177. The van der Waals surface area contributed by atoms with Gasteiger partial charge in [0.25, 0.3) is 0 Å². The van der Waals surface area contributed by atoms with E-state index in [9.17, 15) is 4.39 Å². The van der Waals surface area contributed by atoms with Crippen LogP contribution in [-0.2, 0) is 6.42 Å². The van der Waals surface area contributed by atoms with Gasteiger partial charge in [0, 0.05) is 26.2 Å². The van der Waals surface area contributed by atoms with E-state index in [1.807, 2.05) is 12.1 Å². The molecule has 1 aliphatic rings. The maximum absolute atomic E-state index is 13.3. The summed E-state index contributed by atoms with van der Waals surface area (Å²) in [6.07, 6.45) is 1.05. The van der Waals surface area contributed by atoms with E-state index in [2.05, 4.69) is 41.4 Å². The van der Waals surface area contributed by atoms with Gasteiger partial charge in [0.15, 0.2) is 0 Å². The number of benzene rings is 2. The first kappa shape index (κ1) is 15.2. The van der Waals surface area contributed by atoms with Crippen molar-refractivity contribution in [1.82, 2.24) is 10.2 Å². The maximum Gasteiger partial charge on any atom is 0.123 e. The van der Waals surface area contributed by atoms with E-state index in [1.165, 1.54) is 11.1 Å². The van der Waals surface area contributed by atoms with Crippen molar-refractivity contribution < 1.29 is 4.39 Å². The predicted octanol–water partition coefficient (Wildman–Crippen LogP) is 3.38. The molecule has 0 spiro atoms. The Hall–Kier alpha value is -1.71. The molecule has 0 aromatic heterocycles. The van der Waals surface area contributed by atoms with Gasteiger partial charge in [-0.2, -0.15) is 0 Å². The smallest absolute Gasteiger partial charge is 0.123 e. The Bertz CT molecular complexity index is 586. The molecule has 1 heterocycles. The molecule has 2 aromatic rings. The van der Waals surface area contributed by atoms with E-state index >= 15 is 0 Å². The van der Waals surface area contributed by atoms with Crippen LogP contribution in [0.2, 0.25) is 0 Å². The number of nitrogens with zero attached hydrogens (tertiary/aromatic N) is 1. The van der Waals surface area contributed by atoms with Crippen LogP contribution >= 0.6 is 0 Å². The van der Waals surface area contributed by atoms with Crippen molar-refractivity contribution in [2.75, 3.05) is 26.2 Å². The van der Waals surface area contributed by atoms with E-state index in [-0.39, 0.29) is 11.9 Å². The molecule has 0 radical (unpaired) electrons. The minimum absolute atomic E-state index is 0.177. The molecule has 1 atom stereocenters. The average molecular weight is 298 g/mol. The summed E-state index contributed by atoms with van der Waals surface area (Å²) in [5.41, 5.74) is 3.79. The summed E-state index contributed by atoms with van der Waals surface area (Å²) in [6.45, 7) is 6.20. The van der Waals surface area contributed by atoms with Crippen molar-refractivity contribution in [2.45, 2.75) is 19.4 Å². The van der Waals surface area contributed by atoms with Gasteiger partial charge in [-0.3, -0.25) is 4.90 Å². The molecule has 1 unspecified atom stereocenters. The van der Waals surface area contributed by atoms with Crippen LogP contribution in [0.25, 0.3) is 0 Å². The highest BCUT2D eigenvalue weighted by Gasteiger charge is 2.23. The molecule has 1 fully saturated rings. The second-order valence-corrected chi connectivity index (χ2v) is 5.84. The van der Waals surface area contributed by atoms with Crippen molar-refractivity contribution >= 4 is 0 Å². The van der Waals surface area contributed by atoms with Crippen LogP contribution in [0.1, 0.15) is 29.7 Å². The van der Waals surface area contributed by atoms with Crippen LogP contribution in [0.4, 0.5) is 4.39 Å². The normalized spacial score (nSPS) is 17.4. The van der Waals surface area contributed by atoms with Gasteiger partial charge in [-0.1, -0.05) is 43.3 Å². The van der Waals surface area contributed by atoms with Crippen LogP contribution in [0, 0.1) is 5.82 Å². The Kier molecular flexibility index (Phi) is 4.86.